The van der Waals surface area contributed by atoms with Gasteiger partial charge < -0.3 is 9.47 Å². The van der Waals surface area contributed by atoms with Crippen LogP contribution in [-0.2, 0) is 16.0 Å². The topological polar surface area (TPSA) is 45.6 Å². The van der Waals surface area contributed by atoms with Gasteiger partial charge in [-0.25, -0.2) is 0 Å². The third-order valence-electron chi connectivity index (χ3n) is 6.67. The Morgan fingerprint density at radius 1 is 0.971 bits per heavy atom. The number of benzene rings is 2. The molecule has 0 saturated heterocycles. The molecule has 0 bridgehead atoms. The minimum absolute atomic E-state index is 0.0104. The Hall–Kier alpha value is -3.35. The van der Waals surface area contributed by atoms with Gasteiger partial charge in [0.15, 0.2) is 0 Å². The number of hydrogen-bond acceptors (Lipinski definition) is 3. The third kappa shape index (κ3) is 4.17. The second-order valence-corrected chi connectivity index (χ2v) is 10.5. The van der Waals surface area contributed by atoms with E-state index in [1.807, 2.05) is 89.3 Å². The fourth-order valence-corrected chi connectivity index (χ4v) is 5.84. The van der Waals surface area contributed by atoms with Crippen LogP contribution < -0.4 is 4.90 Å². The fraction of sp³-hybridized carbons (Fsp3) is 0.214. The minimum atomic E-state index is -0.348. The molecule has 2 aromatic heterocycles. The monoisotopic (exact) mass is 501 g/mol. The van der Waals surface area contributed by atoms with Crippen LogP contribution in [0.1, 0.15) is 35.0 Å². The summed E-state index contributed by atoms with van der Waals surface area (Å²) in [7, 11) is 0. The highest BCUT2D eigenvalue weighted by Crippen LogP contribution is 2.43. The number of carbonyl (C=O) groups is 2. The number of para-hydroxylation sites is 2. The van der Waals surface area contributed by atoms with Crippen molar-refractivity contribution in [2.75, 3.05) is 11.4 Å². The zero-order valence-corrected chi connectivity index (χ0v) is 20.6. The maximum atomic E-state index is 14.1. The van der Waals surface area contributed by atoms with Crippen molar-refractivity contribution in [3.05, 3.63) is 106 Å². The Bertz CT molecular complexity index is 1390. The van der Waals surface area contributed by atoms with E-state index in [4.69, 9.17) is 11.6 Å². The summed E-state index contributed by atoms with van der Waals surface area (Å²) in [4.78, 5) is 32.0. The van der Waals surface area contributed by atoms with Gasteiger partial charge in [-0.2, -0.15) is 0 Å². The van der Waals surface area contributed by atoms with Crippen LogP contribution in [0.25, 0.3) is 5.69 Å². The lowest BCUT2D eigenvalue weighted by Gasteiger charge is -2.39. The first-order chi connectivity index (χ1) is 17.1. The quantitative estimate of drug-likeness (QED) is 0.332. The number of rotatable bonds is 6. The molecule has 2 amide bonds. The van der Waals surface area contributed by atoms with Crippen LogP contribution in [0.2, 0.25) is 5.02 Å². The molecular formula is C28H24ClN3O2S. The Balaban J connectivity index is 1.39. The average Bonchev–Trinajstić information content (AvgIpc) is 3.34. The highest BCUT2D eigenvalue weighted by molar-refractivity contribution is 7.10. The first kappa shape index (κ1) is 22.1. The van der Waals surface area contributed by atoms with Crippen LogP contribution in [0, 0.1) is 0 Å². The van der Waals surface area contributed by atoms with E-state index in [2.05, 4.69) is 4.57 Å². The Morgan fingerprint density at radius 3 is 2.54 bits per heavy atom. The van der Waals surface area contributed by atoms with E-state index in [1.54, 1.807) is 16.2 Å². The zero-order chi connectivity index (χ0) is 23.9. The molecule has 4 aromatic rings. The van der Waals surface area contributed by atoms with Gasteiger partial charge in [0.2, 0.25) is 11.8 Å². The van der Waals surface area contributed by atoms with E-state index in [0.717, 1.165) is 40.4 Å². The summed E-state index contributed by atoms with van der Waals surface area (Å²) >= 11 is 7.95. The summed E-state index contributed by atoms with van der Waals surface area (Å²) in [6, 6.07) is 23.3. The molecule has 1 fully saturated rings. The third-order valence-corrected chi connectivity index (χ3v) is 7.78. The van der Waals surface area contributed by atoms with Crippen molar-refractivity contribution >= 4 is 40.4 Å². The maximum absolute atomic E-state index is 14.1. The number of fused-ring (bicyclic) bond motifs is 3. The minimum Gasteiger partial charge on any atom is -0.330 e. The Labute approximate surface area is 213 Å². The molecule has 1 saturated carbocycles. The summed E-state index contributed by atoms with van der Waals surface area (Å²) in [5.41, 5.74) is 3.69. The van der Waals surface area contributed by atoms with Gasteiger partial charge in [0, 0.05) is 22.1 Å². The van der Waals surface area contributed by atoms with Crippen molar-refractivity contribution < 1.29 is 9.59 Å². The Morgan fingerprint density at radius 2 is 1.80 bits per heavy atom. The molecule has 35 heavy (non-hydrogen) atoms. The van der Waals surface area contributed by atoms with E-state index in [1.165, 1.54) is 0 Å². The highest BCUT2D eigenvalue weighted by atomic mass is 35.5. The summed E-state index contributed by atoms with van der Waals surface area (Å²) in [5.74, 6) is -0.0856. The van der Waals surface area contributed by atoms with Gasteiger partial charge in [-0.05, 0) is 66.2 Å². The van der Waals surface area contributed by atoms with Gasteiger partial charge in [0.25, 0.3) is 0 Å². The number of nitrogens with zero attached hydrogens (tertiary/aromatic N) is 3. The second kappa shape index (κ2) is 9.02. The van der Waals surface area contributed by atoms with Crippen molar-refractivity contribution in [3.8, 4) is 5.69 Å². The molecule has 0 spiro atoms. The number of carbonyl (C=O) groups excluding carboxylic acids is 2. The van der Waals surface area contributed by atoms with Gasteiger partial charge in [-0.3, -0.25) is 14.5 Å². The molecule has 5 nitrogen and oxygen atoms in total. The molecule has 176 valence electrons. The molecule has 2 aromatic carbocycles. The summed E-state index contributed by atoms with van der Waals surface area (Å²) in [6.07, 6.45) is 4.24. The number of halogens is 1. The summed E-state index contributed by atoms with van der Waals surface area (Å²) in [5, 5.41) is 2.60. The summed E-state index contributed by atoms with van der Waals surface area (Å²) < 4.78 is 2.13. The molecule has 0 N–H and O–H groups in total. The van der Waals surface area contributed by atoms with Crippen molar-refractivity contribution in [1.29, 1.82) is 0 Å². The van der Waals surface area contributed by atoms with E-state index < -0.39 is 0 Å². The van der Waals surface area contributed by atoms with E-state index in [0.29, 0.717) is 11.4 Å². The molecule has 1 aliphatic carbocycles. The standard InChI is InChI=1S/C28H24ClN3O2S/c29-20-7-3-6-19(16-20)28-25-11-4-14-30(25)23-9-1-2-10-24(23)32(28)27(34)18-31(21-12-13-21)26(33)17-22-8-5-15-35-22/h1-11,14-16,21,28H,12-13,17-18H2/t28-/m0/s1. The number of hydrogen-bond donors (Lipinski definition) is 0. The SMILES string of the molecule is O=C(Cc1cccs1)N(CC(=O)N1c2ccccc2-n2cccc2[C@@H]1c1cccc(Cl)c1)C1CC1. The second-order valence-electron chi connectivity index (χ2n) is 9.02. The van der Waals surface area contributed by atoms with Gasteiger partial charge in [0.05, 0.1) is 23.5 Å². The number of anilines is 1. The molecule has 3 heterocycles. The average molecular weight is 502 g/mol. The van der Waals surface area contributed by atoms with Gasteiger partial charge in [0.1, 0.15) is 12.6 Å². The molecule has 1 atom stereocenters. The Kier molecular flexibility index (Phi) is 5.71. The van der Waals surface area contributed by atoms with E-state index in [-0.39, 0.29) is 30.4 Å². The van der Waals surface area contributed by atoms with E-state index >= 15 is 0 Å². The van der Waals surface area contributed by atoms with E-state index in [9.17, 15) is 9.59 Å². The molecule has 1 aliphatic heterocycles. The maximum Gasteiger partial charge on any atom is 0.247 e. The molecule has 6 rings (SSSR count). The van der Waals surface area contributed by atoms with Crippen molar-refractivity contribution in [2.45, 2.75) is 31.3 Å². The number of amides is 2. The van der Waals surface area contributed by atoms with Crippen LogP contribution >= 0.6 is 22.9 Å². The lowest BCUT2D eigenvalue weighted by molar-refractivity contribution is -0.135. The predicted molar refractivity (Wildman–Crippen MR) is 139 cm³/mol. The molecule has 2 aliphatic rings. The molecule has 0 unspecified atom stereocenters. The van der Waals surface area contributed by atoms with Crippen LogP contribution in [-0.4, -0.2) is 33.9 Å². The van der Waals surface area contributed by atoms with Crippen LogP contribution in [0.4, 0.5) is 5.69 Å². The fourth-order valence-electron chi connectivity index (χ4n) is 4.95. The lowest BCUT2D eigenvalue weighted by Crippen LogP contribution is -2.47. The first-order valence-electron chi connectivity index (χ1n) is 11.8. The first-order valence-corrected chi connectivity index (χ1v) is 13.0. The molecule has 0 radical (unpaired) electrons. The van der Waals surface area contributed by atoms with Crippen molar-refractivity contribution in [1.82, 2.24) is 9.47 Å². The normalized spacial score (nSPS) is 16.5. The number of thiophene rings is 1. The number of aromatic nitrogens is 1. The van der Waals surface area contributed by atoms with Crippen molar-refractivity contribution in [2.24, 2.45) is 0 Å². The van der Waals surface area contributed by atoms with Crippen LogP contribution in [0.5, 0.6) is 0 Å². The van der Waals surface area contributed by atoms with Crippen LogP contribution in [0.15, 0.2) is 84.4 Å². The molecular weight excluding hydrogens is 478 g/mol. The summed E-state index contributed by atoms with van der Waals surface area (Å²) in [6.45, 7) is 0.0565. The van der Waals surface area contributed by atoms with Crippen LogP contribution in [0.3, 0.4) is 0 Å². The van der Waals surface area contributed by atoms with Gasteiger partial charge >= 0.3 is 0 Å². The zero-order valence-electron chi connectivity index (χ0n) is 19.0. The van der Waals surface area contributed by atoms with Gasteiger partial charge in [-0.1, -0.05) is 41.9 Å². The largest absolute Gasteiger partial charge is 0.330 e. The highest BCUT2D eigenvalue weighted by Gasteiger charge is 2.40. The van der Waals surface area contributed by atoms with Gasteiger partial charge in [-0.15, -0.1) is 11.3 Å². The molecule has 7 heteroatoms. The smallest absolute Gasteiger partial charge is 0.247 e. The van der Waals surface area contributed by atoms with Crippen molar-refractivity contribution in [3.63, 3.8) is 0 Å². The predicted octanol–water partition coefficient (Wildman–Crippen LogP) is 5.86. The lowest BCUT2D eigenvalue weighted by atomic mass is 9.97.